The van der Waals surface area contributed by atoms with Crippen molar-refractivity contribution in [3.05, 3.63) is 29.8 Å². The van der Waals surface area contributed by atoms with E-state index in [9.17, 15) is 9.59 Å². The van der Waals surface area contributed by atoms with E-state index < -0.39 is 6.04 Å². The minimum Gasteiger partial charge on any atom is -0.497 e. The van der Waals surface area contributed by atoms with Crippen molar-refractivity contribution in [3.8, 4) is 5.75 Å². The molecule has 1 N–H and O–H groups in total. The molecule has 1 aliphatic rings. The van der Waals surface area contributed by atoms with Crippen LogP contribution in [0.1, 0.15) is 43.5 Å². The number of methoxy groups -OCH3 is 1. The fraction of sp³-hybridized carbons (Fsp3) is 0.556. The van der Waals surface area contributed by atoms with Crippen molar-refractivity contribution >= 4 is 11.8 Å². The Morgan fingerprint density at radius 3 is 2.22 bits per heavy atom. The van der Waals surface area contributed by atoms with Crippen molar-refractivity contribution in [1.82, 2.24) is 10.2 Å². The van der Waals surface area contributed by atoms with Gasteiger partial charge in [0.05, 0.1) is 7.11 Å². The van der Waals surface area contributed by atoms with E-state index in [1.807, 2.05) is 18.7 Å². The molecule has 5 heteroatoms. The van der Waals surface area contributed by atoms with Gasteiger partial charge in [0.15, 0.2) is 0 Å². The van der Waals surface area contributed by atoms with Gasteiger partial charge in [-0.2, -0.15) is 0 Å². The first-order chi connectivity index (χ1) is 11.0. The highest BCUT2D eigenvalue weighted by atomic mass is 16.5. The maximum atomic E-state index is 12.7. The molecule has 1 unspecified atom stereocenters. The predicted molar refractivity (Wildman–Crippen MR) is 89.5 cm³/mol. The molecule has 1 saturated heterocycles. The molecular formula is C18H26N2O3. The van der Waals surface area contributed by atoms with Crippen molar-refractivity contribution in [2.45, 2.75) is 39.2 Å². The van der Waals surface area contributed by atoms with Gasteiger partial charge in [-0.1, -0.05) is 13.8 Å². The van der Waals surface area contributed by atoms with Crippen molar-refractivity contribution in [2.24, 2.45) is 5.92 Å². The number of likely N-dealkylation sites (tertiary alicyclic amines) is 1. The molecule has 23 heavy (non-hydrogen) atoms. The molecule has 1 atom stereocenters. The summed E-state index contributed by atoms with van der Waals surface area (Å²) in [4.78, 5) is 27.0. The summed E-state index contributed by atoms with van der Waals surface area (Å²) >= 11 is 0. The second kappa shape index (κ2) is 7.99. The number of ether oxygens (including phenoxy) is 1. The number of benzene rings is 1. The predicted octanol–water partition coefficient (Wildman–Crippen LogP) is 2.46. The van der Waals surface area contributed by atoms with E-state index in [4.69, 9.17) is 4.74 Å². The first-order valence-electron chi connectivity index (χ1n) is 8.26. The average molecular weight is 318 g/mol. The topological polar surface area (TPSA) is 58.6 Å². The van der Waals surface area contributed by atoms with Crippen LogP contribution in [-0.4, -0.2) is 43.0 Å². The molecule has 2 amide bonds. The Hall–Kier alpha value is -2.04. The summed E-state index contributed by atoms with van der Waals surface area (Å²) in [6.07, 6.45) is 3.26. The van der Waals surface area contributed by atoms with Crippen LogP contribution in [0.4, 0.5) is 0 Å². The molecule has 1 aliphatic heterocycles. The van der Waals surface area contributed by atoms with Gasteiger partial charge in [-0.3, -0.25) is 9.59 Å². The van der Waals surface area contributed by atoms with Gasteiger partial charge in [0.1, 0.15) is 11.8 Å². The fourth-order valence-corrected chi connectivity index (χ4v) is 2.79. The molecule has 1 heterocycles. The Bertz CT molecular complexity index is 534. The minimum atomic E-state index is -0.484. The third kappa shape index (κ3) is 4.47. The third-order valence-electron chi connectivity index (χ3n) is 4.24. The average Bonchev–Trinajstić information content (AvgIpc) is 2.59. The van der Waals surface area contributed by atoms with E-state index >= 15 is 0 Å². The standard InChI is InChI=1S/C18H26N2O3/c1-13(2)16(18(22)20-11-5-4-6-12-20)19-17(21)14-7-9-15(23-3)10-8-14/h7-10,13,16H,4-6,11-12H2,1-3H3,(H,19,21). The number of nitrogens with one attached hydrogen (secondary N) is 1. The Morgan fingerprint density at radius 2 is 1.70 bits per heavy atom. The summed E-state index contributed by atoms with van der Waals surface area (Å²) in [5, 5.41) is 2.90. The molecule has 126 valence electrons. The van der Waals surface area contributed by atoms with Crippen LogP contribution in [0.2, 0.25) is 0 Å². The number of carbonyl (C=O) groups excluding carboxylic acids is 2. The summed E-state index contributed by atoms with van der Waals surface area (Å²) in [5.41, 5.74) is 0.530. The van der Waals surface area contributed by atoms with Crippen LogP contribution in [0.25, 0.3) is 0 Å². The quantitative estimate of drug-likeness (QED) is 0.907. The van der Waals surface area contributed by atoms with Crippen LogP contribution in [0, 0.1) is 5.92 Å². The Labute approximate surface area is 138 Å². The zero-order chi connectivity index (χ0) is 16.8. The lowest BCUT2D eigenvalue weighted by atomic mass is 10.0. The molecule has 0 spiro atoms. The van der Waals surface area contributed by atoms with E-state index in [1.165, 1.54) is 6.42 Å². The lowest BCUT2D eigenvalue weighted by Crippen LogP contribution is -2.52. The van der Waals surface area contributed by atoms with Gasteiger partial charge in [-0.25, -0.2) is 0 Å². The molecule has 5 nitrogen and oxygen atoms in total. The molecule has 0 saturated carbocycles. The Balaban J connectivity index is 2.05. The number of amides is 2. The van der Waals surface area contributed by atoms with Gasteiger partial charge in [-0.05, 0) is 49.4 Å². The summed E-state index contributed by atoms with van der Waals surface area (Å²) < 4.78 is 5.09. The van der Waals surface area contributed by atoms with Gasteiger partial charge >= 0.3 is 0 Å². The van der Waals surface area contributed by atoms with Gasteiger partial charge < -0.3 is 15.0 Å². The molecule has 1 fully saturated rings. The van der Waals surface area contributed by atoms with E-state index in [0.717, 1.165) is 25.9 Å². The van der Waals surface area contributed by atoms with Gasteiger partial charge in [0, 0.05) is 18.7 Å². The summed E-state index contributed by atoms with van der Waals surface area (Å²) in [6, 6.07) is 6.41. The van der Waals surface area contributed by atoms with E-state index in [0.29, 0.717) is 11.3 Å². The molecule has 0 aromatic heterocycles. The highest BCUT2D eigenvalue weighted by molar-refractivity contribution is 5.97. The maximum Gasteiger partial charge on any atom is 0.251 e. The molecular weight excluding hydrogens is 292 g/mol. The first kappa shape index (κ1) is 17.3. The van der Waals surface area contributed by atoms with Crippen molar-refractivity contribution in [2.75, 3.05) is 20.2 Å². The number of carbonyl (C=O) groups is 2. The summed E-state index contributed by atoms with van der Waals surface area (Å²) in [5.74, 6) is 0.552. The van der Waals surface area contributed by atoms with E-state index in [2.05, 4.69) is 5.32 Å². The van der Waals surface area contributed by atoms with Crippen LogP contribution in [-0.2, 0) is 4.79 Å². The SMILES string of the molecule is COc1ccc(C(=O)NC(C(=O)N2CCCCC2)C(C)C)cc1. The van der Waals surface area contributed by atoms with Crippen LogP contribution < -0.4 is 10.1 Å². The van der Waals surface area contributed by atoms with Crippen LogP contribution >= 0.6 is 0 Å². The normalized spacial score (nSPS) is 16.1. The van der Waals surface area contributed by atoms with Gasteiger partial charge in [-0.15, -0.1) is 0 Å². The van der Waals surface area contributed by atoms with Crippen LogP contribution in [0.5, 0.6) is 5.75 Å². The largest absolute Gasteiger partial charge is 0.497 e. The maximum absolute atomic E-state index is 12.7. The van der Waals surface area contributed by atoms with Crippen molar-refractivity contribution in [1.29, 1.82) is 0 Å². The molecule has 0 bridgehead atoms. The van der Waals surface area contributed by atoms with E-state index in [1.54, 1.807) is 31.4 Å². The Kier molecular flexibility index (Phi) is 6.02. The van der Waals surface area contributed by atoms with Crippen molar-refractivity contribution in [3.63, 3.8) is 0 Å². The molecule has 0 radical (unpaired) electrons. The number of hydrogen-bond donors (Lipinski definition) is 1. The minimum absolute atomic E-state index is 0.0292. The first-order valence-corrected chi connectivity index (χ1v) is 8.26. The Morgan fingerprint density at radius 1 is 1.09 bits per heavy atom. The summed E-state index contributed by atoms with van der Waals surface area (Å²) in [7, 11) is 1.58. The van der Waals surface area contributed by atoms with Crippen LogP contribution in [0.3, 0.4) is 0 Å². The van der Waals surface area contributed by atoms with Gasteiger partial charge in [0.25, 0.3) is 5.91 Å². The van der Waals surface area contributed by atoms with Gasteiger partial charge in [0.2, 0.25) is 5.91 Å². The summed E-state index contributed by atoms with van der Waals surface area (Å²) in [6.45, 7) is 5.50. The smallest absolute Gasteiger partial charge is 0.251 e. The lowest BCUT2D eigenvalue weighted by molar-refractivity contribution is -0.135. The second-order valence-electron chi connectivity index (χ2n) is 6.31. The zero-order valence-electron chi connectivity index (χ0n) is 14.2. The van der Waals surface area contributed by atoms with Crippen LogP contribution in [0.15, 0.2) is 24.3 Å². The third-order valence-corrected chi connectivity index (χ3v) is 4.24. The molecule has 0 aliphatic carbocycles. The molecule has 1 aromatic rings. The molecule has 1 aromatic carbocycles. The number of rotatable bonds is 5. The lowest BCUT2D eigenvalue weighted by Gasteiger charge is -2.32. The highest BCUT2D eigenvalue weighted by Gasteiger charge is 2.29. The monoisotopic (exact) mass is 318 g/mol. The number of hydrogen-bond acceptors (Lipinski definition) is 3. The number of piperidine rings is 1. The second-order valence-corrected chi connectivity index (χ2v) is 6.31. The van der Waals surface area contributed by atoms with E-state index in [-0.39, 0.29) is 17.7 Å². The number of nitrogens with zero attached hydrogens (tertiary/aromatic N) is 1. The highest BCUT2D eigenvalue weighted by Crippen LogP contribution is 2.15. The van der Waals surface area contributed by atoms with Crippen molar-refractivity contribution < 1.29 is 14.3 Å². The molecule has 2 rings (SSSR count). The fourth-order valence-electron chi connectivity index (χ4n) is 2.79. The zero-order valence-corrected chi connectivity index (χ0v) is 14.2.